The third-order valence-corrected chi connectivity index (χ3v) is 5.78. The Balaban J connectivity index is 1.39. The highest BCUT2D eigenvalue weighted by Gasteiger charge is 2.07. The largest absolute Gasteiger partial charge is 0.493 e. The first-order valence-electron chi connectivity index (χ1n) is 12.5. The van der Waals surface area contributed by atoms with E-state index in [9.17, 15) is 0 Å². The summed E-state index contributed by atoms with van der Waals surface area (Å²) in [6, 6.07) is 29.4. The molecule has 0 fully saturated rings. The van der Waals surface area contributed by atoms with Crippen molar-refractivity contribution in [2.24, 2.45) is 20.5 Å². The fraction of sp³-hybridized carbons (Fsp3) is 0.267. The average molecular weight is 465 g/mol. The van der Waals surface area contributed by atoms with Gasteiger partial charge in [0.25, 0.3) is 0 Å². The van der Waals surface area contributed by atoms with Crippen molar-refractivity contribution in [2.45, 2.75) is 45.4 Å². The average Bonchev–Trinajstić information content (AvgIpc) is 2.92. The Morgan fingerprint density at radius 1 is 0.514 bits per heavy atom. The normalized spacial score (nSPS) is 11.6. The van der Waals surface area contributed by atoms with E-state index in [4.69, 9.17) is 4.74 Å². The van der Waals surface area contributed by atoms with Crippen LogP contribution in [0.3, 0.4) is 0 Å². The lowest BCUT2D eigenvalue weighted by molar-refractivity contribution is 0.308. The van der Waals surface area contributed by atoms with Gasteiger partial charge in [-0.05, 0) is 55.0 Å². The zero-order valence-corrected chi connectivity index (χ0v) is 20.3. The Labute approximate surface area is 207 Å². The van der Waals surface area contributed by atoms with Gasteiger partial charge in [-0.3, -0.25) is 0 Å². The SMILES string of the molecule is CCCCCCCCOc1ccc(N=Nc2ccc(N=Nc3ccccc3)cc2)c2ccccc12. The molecule has 35 heavy (non-hydrogen) atoms. The van der Waals surface area contributed by atoms with Gasteiger partial charge in [0, 0.05) is 10.8 Å². The quantitative estimate of drug-likeness (QED) is 0.152. The van der Waals surface area contributed by atoms with E-state index >= 15 is 0 Å². The highest BCUT2D eigenvalue weighted by molar-refractivity contribution is 5.96. The molecule has 0 radical (unpaired) electrons. The lowest BCUT2D eigenvalue weighted by Gasteiger charge is -2.10. The third-order valence-electron chi connectivity index (χ3n) is 5.78. The van der Waals surface area contributed by atoms with E-state index in [2.05, 4.69) is 39.5 Å². The summed E-state index contributed by atoms with van der Waals surface area (Å²) in [7, 11) is 0. The minimum atomic E-state index is 0.741. The summed E-state index contributed by atoms with van der Waals surface area (Å²) in [6.45, 7) is 2.99. The fourth-order valence-electron chi connectivity index (χ4n) is 3.84. The first-order chi connectivity index (χ1) is 17.3. The maximum Gasteiger partial charge on any atom is 0.127 e. The van der Waals surface area contributed by atoms with Crippen LogP contribution in [0.25, 0.3) is 10.8 Å². The number of rotatable bonds is 12. The van der Waals surface area contributed by atoms with Crippen molar-refractivity contribution in [1.29, 1.82) is 0 Å². The molecule has 0 saturated carbocycles. The number of fused-ring (bicyclic) bond motifs is 1. The van der Waals surface area contributed by atoms with Gasteiger partial charge in [-0.25, -0.2) is 0 Å². The van der Waals surface area contributed by atoms with Crippen LogP contribution >= 0.6 is 0 Å². The van der Waals surface area contributed by atoms with Gasteiger partial charge < -0.3 is 4.74 Å². The van der Waals surface area contributed by atoms with Crippen molar-refractivity contribution < 1.29 is 4.74 Å². The Bertz CT molecular complexity index is 1250. The second kappa shape index (κ2) is 13.1. The van der Waals surface area contributed by atoms with Crippen molar-refractivity contribution in [3.8, 4) is 5.75 Å². The van der Waals surface area contributed by atoms with Gasteiger partial charge in [0.15, 0.2) is 0 Å². The van der Waals surface area contributed by atoms with Crippen molar-refractivity contribution in [3.05, 3.63) is 91.0 Å². The predicted molar refractivity (Wildman–Crippen MR) is 144 cm³/mol. The molecule has 178 valence electrons. The minimum absolute atomic E-state index is 0.741. The third kappa shape index (κ3) is 7.31. The zero-order valence-electron chi connectivity index (χ0n) is 20.3. The summed E-state index contributed by atoms with van der Waals surface area (Å²) in [4.78, 5) is 0. The van der Waals surface area contributed by atoms with Crippen LogP contribution in [0.5, 0.6) is 5.75 Å². The maximum absolute atomic E-state index is 6.12. The molecule has 4 aromatic carbocycles. The molecular weight excluding hydrogens is 432 g/mol. The summed E-state index contributed by atoms with van der Waals surface area (Å²) in [5, 5.41) is 19.6. The molecule has 0 aliphatic rings. The smallest absolute Gasteiger partial charge is 0.127 e. The maximum atomic E-state index is 6.12. The van der Waals surface area contributed by atoms with Gasteiger partial charge in [0.2, 0.25) is 0 Å². The number of ether oxygens (including phenoxy) is 1. The Morgan fingerprint density at radius 3 is 1.80 bits per heavy atom. The predicted octanol–water partition coefficient (Wildman–Crippen LogP) is 10.4. The standard InChI is InChI=1S/C30H32N4O/c1-2-3-4-5-6-12-23-35-30-22-21-29(27-15-10-11-16-28(27)30)34-33-26-19-17-25(18-20-26)32-31-24-13-8-7-9-14-24/h7-11,13-22H,2-6,12,23H2,1H3. The first-order valence-corrected chi connectivity index (χ1v) is 12.5. The zero-order chi connectivity index (χ0) is 24.1. The molecule has 4 rings (SSSR count). The number of hydrogen-bond donors (Lipinski definition) is 0. The van der Waals surface area contributed by atoms with Crippen LogP contribution in [0.1, 0.15) is 45.4 Å². The summed E-state index contributed by atoms with van der Waals surface area (Å²) < 4.78 is 6.12. The van der Waals surface area contributed by atoms with Crippen LogP contribution in [0.4, 0.5) is 22.7 Å². The van der Waals surface area contributed by atoms with Gasteiger partial charge in [-0.2, -0.15) is 15.3 Å². The summed E-state index contributed by atoms with van der Waals surface area (Å²) in [6.07, 6.45) is 7.51. The minimum Gasteiger partial charge on any atom is -0.493 e. The second-order valence-electron chi connectivity index (χ2n) is 8.50. The molecule has 0 aliphatic heterocycles. The van der Waals surface area contributed by atoms with Crippen LogP contribution < -0.4 is 4.74 Å². The van der Waals surface area contributed by atoms with Crippen LogP contribution in [-0.4, -0.2) is 6.61 Å². The van der Waals surface area contributed by atoms with Crippen LogP contribution in [0, 0.1) is 0 Å². The van der Waals surface area contributed by atoms with E-state index in [0.29, 0.717) is 0 Å². The lowest BCUT2D eigenvalue weighted by atomic mass is 10.1. The van der Waals surface area contributed by atoms with Crippen molar-refractivity contribution >= 4 is 33.5 Å². The summed E-state index contributed by atoms with van der Waals surface area (Å²) >= 11 is 0. The van der Waals surface area contributed by atoms with E-state index in [1.165, 1.54) is 32.1 Å². The topological polar surface area (TPSA) is 58.7 Å². The first kappa shape index (κ1) is 24.3. The van der Waals surface area contributed by atoms with Gasteiger partial charge in [0.1, 0.15) is 5.75 Å². The molecule has 0 amide bonds. The van der Waals surface area contributed by atoms with Gasteiger partial charge in [-0.15, -0.1) is 5.11 Å². The number of hydrogen-bond acceptors (Lipinski definition) is 5. The van der Waals surface area contributed by atoms with Crippen molar-refractivity contribution in [3.63, 3.8) is 0 Å². The Hall–Kier alpha value is -3.86. The highest BCUT2D eigenvalue weighted by Crippen LogP contribution is 2.34. The Morgan fingerprint density at radius 2 is 1.09 bits per heavy atom. The van der Waals surface area contributed by atoms with E-state index in [0.717, 1.165) is 52.3 Å². The number of nitrogens with zero attached hydrogens (tertiary/aromatic N) is 4. The molecule has 0 bridgehead atoms. The summed E-state index contributed by atoms with van der Waals surface area (Å²) in [5.74, 6) is 0.904. The van der Waals surface area contributed by atoms with Crippen molar-refractivity contribution in [2.75, 3.05) is 6.61 Å². The molecule has 0 atom stereocenters. The summed E-state index contributed by atoms with van der Waals surface area (Å²) in [5.41, 5.74) is 3.17. The Kier molecular flexibility index (Phi) is 9.11. The van der Waals surface area contributed by atoms with E-state index in [1.807, 2.05) is 78.9 Å². The van der Waals surface area contributed by atoms with Crippen LogP contribution in [0.2, 0.25) is 0 Å². The second-order valence-corrected chi connectivity index (χ2v) is 8.50. The molecule has 0 saturated heterocycles. The fourth-order valence-corrected chi connectivity index (χ4v) is 3.84. The van der Waals surface area contributed by atoms with Gasteiger partial charge >= 0.3 is 0 Å². The molecule has 0 unspecified atom stereocenters. The molecule has 0 N–H and O–H groups in total. The highest BCUT2D eigenvalue weighted by atomic mass is 16.5. The molecule has 0 aromatic heterocycles. The van der Waals surface area contributed by atoms with Gasteiger partial charge in [-0.1, -0.05) is 81.5 Å². The molecule has 5 nitrogen and oxygen atoms in total. The molecular formula is C30H32N4O. The molecule has 5 heteroatoms. The number of benzene rings is 4. The van der Waals surface area contributed by atoms with E-state index < -0.39 is 0 Å². The lowest BCUT2D eigenvalue weighted by Crippen LogP contribution is -1.98. The number of azo groups is 2. The molecule has 0 spiro atoms. The van der Waals surface area contributed by atoms with Crippen molar-refractivity contribution in [1.82, 2.24) is 0 Å². The van der Waals surface area contributed by atoms with E-state index in [1.54, 1.807) is 0 Å². The van der Waals surface area contributed by atoms with Crippen LogP contribution in [-0.2, 0) is 0 Å². The molecule has 0 aliphatic carbocycles. The monoisotopic (exact) mass is 464 g/mol. The molecule has 4 aromatic rings. The van der Waals surface area contributed by atoms with Gasteiger partial charge in [0.05, 0.1) is 29.4 Å². The van der Waals surface area contributed by atoms with Crippen LogP contribution in [0.15, 0.2) is 111 Å². The molecule has 0 heterocycles. The number of unbranched alkanes of at least 4 members (excludes halogenated alkanes) is 5. The van der Waals surface area contributed by atoms with E-state index in [-0.39, 0.29) is 0 Å².